The number of halogens is 2. The molecule has 2 atom stereocenters. The molecule has 0 aliphatic heterocycles. The summed E-state index contributed by atoms with van der Waals surface area (Å²) in [6.45, 7) is 0.396. The minimum atomic E-state index is -0.239. The van der Waals surface area contributed by atoms with E-state index in [-0.39, 0.29) is 23.6 Å². The highest BCUT2D eigenvalue weighted by molar-refractivity contribution is 6.30. The molecule has 4 rings (SSSR count). The monoisotopic (exact) mass is 369 g/mol. The van der Waals surface area contributed by atoms with E-state index >= 15 is 0 Å². The Morgan fingerprint density at radius 1 is 1.23 bits per heavy atom. The van der Waals surface area contributed by atoms with Crippen LogP contribution in [0.15, 0.2) is 60.9 Å². The Kier molecular flexibility index (Phi) is 4.47. The van der Waals surface area contributed by atoms with E-state index in [1.807, 2.05) is 18.3 Å². The van der Waals surface area contributed by atoms with Gasteiger partial charge in [0.15, 0.2) is 0 Å². The normalized spacial score (nSPS) is 18.5. The smallest absolute Gasteiger partial charge is 0.224 e. The van der Waals surface area contributed by atoms with Gasteiger partial charge >= 0.3 is 0 Å². The molecular formula is C20H17ClFN3O. The van der Waals surface area contributed by atoms with E-state index in [1.165, 1.54) is 6.07 Å². The lowest BCUT2D eigenvalue weighted by atomic mass is 10.1. The quantitative estimate of drug-likeness (QED) is 0.736. The third kappa shape index (κ3) is 3.48. The van der Waals surface area contributed by atoms with Crippen molar-refractivity contribution in [2.75, 3.05) is 0 Å². The average Bonchev–Trinajstić information content (AvgIpc) is 3.30. The number of carbonyl (C=O) groups is 1. The van der Waals surface area contributed by atoms with Gasteiger partial charge in [0.2, 0.25) is 5.91 Å². The van der Waals surface area contributed by atoms with Gasteiger partial charge in [0.25, 0.3) is 0 Å². The molecule has 1 heterocycles. The molecule has 2 unspecified atom stereocenters. The number of aromatic nitrogens is 2. The van der Waals surface area contributed by atoms with Crippen LogP contribution in [0.4, 0.5) is 4.39 Å². The van der Waals surface area contributed by atoms with E-state index in [4.69, 9.17) is 11.6 Å². The van der Waals surface area contributed by atoms with Gasteiger partial charge < -0.3 is 5.32 Å². The van der Waals surface area contributed by atoms with Crippen LogP contribution >= 0.6 is 11.6 Å². The minimum Gasteiger partial charge on any atom is -0.352 e. The molecule has 3 aromatic rings. The van der Waals surface area contributed by atoms with Gasteiger partial charge in [-0.05, 0) is 48.2 Å². The van der Waals surface area contributed by atoms with Gasteiger partial charge in [0, 0.05) is 29.2 Å². The second kappa shape index (κ2) is 6.92. The zero-order valence-electron chi connectivity index (χ0n) is 13.9. The number of rotatable bonds is 5. The summed E-state index contributed by atoms with van der Waals surface area (Å²) in [6.07, 6.45) is 4.28. The predicted molar refractivity (Wildman–Crippen MR) is 97.7 cm³/mol. The molecule has 6 heteroatoms. The van der Waals surface area contributed by atoms with Gasteiger partial charge in [-0.25, -0.2) is 9.07 Å². The van der Waals surface area contributed by atoms with E-state index in [0.29, 0.717) is 23.6 Å². The largest absolute Gasteiger partial charge is 0.352 e. The Balaban J connectivity index is 1.34. The lowest BCUT2D eigenvalue weighted by Gasteiger charge is -2.04. The Labute approximate surface area is 155 Å². The molecule has 1 aliphatic carbocycles. The second-order valence-corrected chi connectivity index (χ2v) is 6.89. The van der Waals surface area contributed by atoms with Gasteiger partial charge in [0.05, 0.1) is 11.9 Å². The molecule has 1 saturated carbocycles. The van der Waals surface area contributed by atoms with Crippen LogP contribution in [-0.2, 0) is 11.3 Å². The SMILES string of the molecule is O=C(NCc1cnn(-c2ccc(Cl)cc2)c1)C1CC1c1ccccc1F. The van der Waals surface area contributed by atoms with Crippen LogP contribution in [0.5, 0.6) is 0 Å². The van der Waals surface area contributed by atoms with Gasteiger partial charge in [-0.3, -0.25) is 4.79 Å². The maximum absolute atomic E-state index is 13.8. The maximum Gasteiger partial charge on any atom is 0.224 e. The van der Waals surface area contributed by atoms with Crippen molar-refractivity contribution in [3.8, 4) is 5.69 Å². The number of nitrogens with zero attached hydrogens (tertiary/aromatic N) is 2. The van der Waals surface area contributed by atoms with Crippen LogP contribution in [0.3, 0.4) is 0 Å². The van der Waals surface area contributed by atoms with Crippen molar-refractivity contribution in [1.82, 2.24) is 15.1 Å². The minimum absolute atomic E-state index is 0.0204. The highest BCUT2D eigenvalue weighted by Gasteiger charge is 2.44. The molecule has 132 valence electrons. The molecule has 1 aliphatic rings. The fourth-order valence-electron chi connectivity index (χ4n) is 3.11. The Bertz CT molecular complexity index is 938. The van der Waals surface area contributed by atoms with Crippen LogP contribution in [0.1, 0.15) is 23.5 Å². The lowest BCUT2D eigenvalue weighted by Crippen LogP contribution is -2.24. The van der Waals surface area contributed by atoms with Crippen LogP contribution in [0, 0.1) is 11.7 Å². The molecule has 4 nitrogen and oxygen atoms in total. The fourth-order valence-corrected chi connectivity index (χ4v) is 3.24. The van der Waals surface area contributed by atoms with E-state index in [2.05, 4.69) is 10.4 Å². The molecule has 26 heavy (non-hydrogen) atoms. The fraction of sp³-hybridized carbons (Fsp3) is 0.200. The molecule has 0 bridgehead atoms. The summed E-state index contributed by atoms with van der Waals surface area (Å²) in [4.78, 5) is 12.3. The van der Waals surface area contributed by atoms with Gasteiger partial charge in [-0.2, -0.15) is 5.10 Å². The predicted octanol–water partition coefficient (Wildman–Crippen LogP) is 4.08. The zero-order chi connectivity index (χ0) is 18.1. The first-order valence-corrected chi connectivity index (χ1v) is 8.81. The first-order chi connectivity index (χ1) is 12.6. The van der Waals surface area contributed by atoms with Crippen LogP contribution in [0.2, 0.25) is 5.02 Å². The van der Waals surface area contributed by atoms with Gasteiger partial charge in [-0.15, -0.1) is 0 Å². The summed E-state index contributed by atoms with van der Waals surface area (Å²) in [6, 6.07) is 14.0. The average molecular weight is 370 g/mol. The van der Waals surface area contributed by atoms with Crippen LogP contribution in [0.25, 0.3) is 5.69 Å². The van der Waals surface area contributed by atoms with E-state index in [9.17, 15) is 9.18 Å². The third-order valence-corrected chi connectivity index (χ3v) is 4.88. The third-order valence-electron chi connectivity index (χ3n) is 4.63. The molecule has 1 aromatic heterocycles. The number of carbonyl (C=O) groups excluding carboxylic acids is 1. The van der Waals surface area contributed by atoms with Crippen LogP contribution in [-0.4, -0.2) is 15.7 Å². The summed E-state index contributed by atoms with van der Waals surface area (Å²) in [5.41, 5.74) is 2.42. The van der Waals surface area contributed by atoms with Gasteiger partial charge in [-0.1, -0.05) is 29.8 Å². The Morgan fingerprint density at radius 2 is 2.00 bits per heavy atom. The summed E-state index contributed by atoms with van der Waals surface area (Å²) in [5, 5.41) is 7.89. The number of nitrogens with one attached hydrogen (secondary N) is 1. The highest BCUT2D eigenvalue weighted by atomic mass is 35.5. The number of amides is 1. The molecule has 1 amide bonds. The zero-order valence-corrected chi connectivity index (χ0v) is 14.7. The van der Waals surface area contributed by atoms with Crippen molar-refractivity contribution in [3.63, 3.8) is 0 Å². The van der Waals surface area contributed by atoms with E-state index < -0.39 is 0 Å². The van der Waals surface area contributed by atoms with Crippen molar-refractivity contribution in [1.29, 1.82) is 0 Å². The molecular weight excluding hydrogens is 353 g/mol. The molecule has 0 radical (unpaired) electrons. The van der Waals surface area contributed by atoms with Gasteiger partial charge in [0.1, 0.15) is 5.82 Å². The summed E-state index contributed by atoms with van der Waals surface area (Å²) in [5.74, 6) is -0.458. The van der Waals surface area contributed by atoms with Crippen LogP contribution < -0.4 is 5.32 Å². The first kappa shape index (κ1) is 16.8. The molecule has 1 fully saturated rings. The Hall–Kier alpha value is -2.66. The second-order valence-electron chi connectivity index (χ2n) is 6.46. The Morgan fingerprint density at radius 3 is 2.77 bits per heavy atom. The molecule has 2 aromatic carbocycles. The number of hydrogen-bond acceptors (Lipinski definition) is 2. The number of benzene rings is 2. The van der Waals surface area contributed by atoms with Crippen molar-refractivity contribution < 1.29 is 9.18 Å². The summed E-state index contributed by atoms with van der Waals surface area (Å²) >= 11 is 5.89. The topological polar surface area (TPSA) is 46.9 Å². The number of hydrogen-bond donors (Lipinski definition) is 1. The summed E-state index contributed by atoms with van der Waals surface area (Å²) < 4.78 is 15.5. The van der Waals surface area contributed by atoms with Crippen molar-refractivity contribution in [3.05, 3.63) is 82.9 Å². The van der Waals surface area contributed by atoms with E-state index in [1.54, 1.807) is 41.2 Å². The van der Waals surface area contributed by atoms with Crippen molar-refractivity contribution in [2.24, 2.45) is 5.92 Å². The van der Waals surface area contributed by atoms with Crippen molar-refractivity contribution >= 4 is 17.5 Å². The van der Waals surface area contributed by atoms with Crippen molar-refractivity contribution in [2.45, 2.75) is 18.9 Å². The standard InChI is InChI=1S/C20H17ClFN3O/c21-14-5-7-15(8-6-14)25-12-13(11-24-25)10-23-20(26)18-9-17(18)16-3-1-2-4-19(16)22/h1-8,11-12,17-18H,9-10H2,(H,23,26). The van der Waals surface area contributed by atoms with E-state index in [0.717, 1.165) is 11.3 Å². The highest BCUT2D eigenvalue weighted by Crippen LogP contribution is 2.48. The molecule has 0 saturated heterocycles. The molecule has 1 N–H and O–H groups in total. The lowest BCUT2D eigenvalue weighted by molar-refractivity contribution is -0.122. The molecule has 0 spiro atoms. The first-order valence-electron chi connectivity index (χ1n) is 8.43. The maximum atomic E-state index is 13.8. The summed E-state index contributed by atoms with van der Waals surface area (Å²) in [7, 11) is 0.